The lowest BCUT2D eigenvalue weighted by atomic mass is 9.64. The summed E-state index contributed by atoms with van der Waals surface area (Å²) in [4.78, 5) is 19.3. The van der Waals surface area contributed by atoms with Crippen molar-refractivity contribution in [1.82, 2.24) is 10.3 Å². The number of amides is 1. The van der Waals surface area contributed by atoms with Crippen molar-refractivity contribution >= 4 is 11.6 Å². The van der Waals surface area contributed by atoms with Gasteiger partial charge in [0.05, 0.1) is 0 Å². The molecule has 1 saturated heterocycles. The molecule has 0 atom stereocenters. The van der Waals surface area contributed by atoms with Crippen LogP contribution in [0.15, 0.2) is 48.7 Å². The zero-order chi connectivity index (χ0) is 17.1. The van der Waals surface area contributed by atoms with E-state index in [0.717, 1.165) is 31.6 Å². The van der Waals surface area contributed by atoms with Crippen molar-refractivity contribution in [1.29, 1.82) is 0 Å². The summed E-state index contributed by atoms with van der Waals surface area (Å²) in [6.07, 6.45) is 7.70. The average Bonchev–Trinajstić information content (AvgIpc) is 3.16. The fourth-order valence-corrected chi connectivity index (χ4v) is 4.02. The van der Waals surface area contributed by atoms with Gasteiger partial charge in [0.15, 0.2) is 0 Å². The van der Waals surface area contributed by atoms with Gasteiger partial charge in [-0.1, -0.05) is 36.8 Å². The van der Waals surface area contributed by atoms with E-state index in [2.05, 4.69) is 39.5 Å². The van der Waals surface area contributed by atoms with Crippen LogP contribution in [0.1, 0.15) is 48.2 Å². The SMILES string of the molecule is O=C(NCC1(c2ccccc2)CCC1)c1cc(N2CCCC2)ccn1. The molecule has 0 bridgehead atoms. The highest BCUT2D eigenvalue weighted by Crippen LogP contribution is 2.43. The first-order valence-electron chi connectivity index (χ1n) is 9.32. The fraction of sp³-hybridized carbons (Fsp3) is 0.429. The van der Waals surface area contributed by atoms with Gasteiger partial charge in [0.2, 0.25) is 0 Å². The second-order valence-electron chi connectivity index (χ2n) is 7.28. The van der Waals surface area contributed by atoms with Crippen LogP contribution in [0.5, 0.6) is 0 Å². The third kappa shape index (κ3) is 3.26. The zero-order valence-corrected chi connectivity index (χ0v) is 14.6. The van der Waals surface area contributed by atoms with Crippen LogP contribution >= 0.6 is 0 Å². The molecule has 1 saturated carbocycles. The molecule has 1 amide bonds. The highest BCUT2D eigenvalue weighted by atomic mass is 16.1. The molecule has 1 aliphatic heterocycles. The van der Waals surface area contributed by atoms with E-state index in [1.807, 2.05) is 18.2 Å². The van der Waals surface area contributed by atoms with Gasteiger partial charge in [-0.15, -0.1) is 0 Å². The van der Waals surface area contributed by atoms with Crippen molar-refractivity contribution in [3.63, 3.8) is 0 Å². The van der Waals surface area contributed by atoms with Gasteiger partial charge in [-0.2, -0.15) is 0 Å². The van der Waals surface area contributed by atoms with Crippen molar-refractivity contribution in [2.45, 2.75) is 37.5 Å². The molecule has 4 heteroatoms. The van der Waals surface area contributed by atoms with Gasteiger partial charge in [0, 0.05) is 36.9 Å². The molecule has 2 fully saturated rings. The van der Waals surface area contributed by atoms with Gasteiger partial charge in [0.25, 0.3) is 5.91 Å². The molecule has 2 heterocycles. The molecule has 25 heavy (non-hydrogen) atoms. The van der Waals surface area contributed by atoms with Crippen LogP contribution in [0.25, 0.3) is 0 Å². The Morgan fingerprint density at radius 2 is 1.84 bits per heavy atom. The molecule has 0 unspecified atom stereocenters. The minimum absolute atomic E-state index is 0.0664. The van der Waals surface area contributed by atoms with Crippen LogP contribution in [0, 0.1) is 0 Å². The van der Waals surface area contributed by atoms with Gasteiger partial charge in [0.1, 0.15) is 5.69 Å². The molecule has 2 aliphatic rings. The Morgan fingerprint density at radius 3 is 2.52 bits per heavy atom. The molecule has 1 aliphatic carbocycles. The summed E-state index contributed by atoms with van der Waals surface area (Å²) in [6.45, 7) is 2.83. The zero-order valence-electron chi connectivity index (χ0n) is 14.6. The average molecular weight is 335 g/mol. The normalized spacial score (nSPS) is 18.6. The van der Waals surface area contributed by atoms with Gasteiger partial charge >= 0.3 is 0 Å². The number of benzene rings is 1. The summed E-state index contributed by atoms with van der Waals surface area (Å²) in [5.74, 6) is -0.0664. The summed E-state index contributed by atoms with van der Waals surface area (Å²) < 4.78 is 0. The third-order valence-electron chi connectivity index (χ3n) is 5.73. The number of pyridine rings is 1. The number of nitrogens with one attached hydrogen (secondary N) is 1. The molecule has 4 nitrogen and oxygen atoms in total. The molecule has 0 radical (unpaired) electrons. The number of nitrogens with zero attached hydrogens (tertiary/aromatic N) is 2. The van der Waals surface area contributed by atoms with E-state index in [4.69, 9.17) is 0 Å². The summed E-state index contributed by atoms with van der Waals surface area (Å²) in [5, 5.41) is 3.14. The van der Waals surface area contributed by atoms with Gasteiger partial charge < -0.3 is 10.2 Å². The van der Waals surface area contributed by atoms with E-state index in [9.17, 15) is 4.79 Å². The molecule has 1 aromatic carbocycles. The van der Waals surface area contributed by atoms with Crippen molar-refractivity contribution in [2.24, 2.45) is 0 Å². The Morgan fingerprint density at radius 1 is 1.08 bits per heavy atom. The maximum absolute atomic E-state index is 12.6. The maximum Gasteiger partial charge on any atom is 0.269 e. The van der Waals surface area contributed by atoms with E-state index < -0.39 is 0 Å². The number of carbonyl (C=O) groups is 1. The van der Waals surface area contributed by atoms with E-state index in [0.29, 0.717) is 12.2 Å². The lowest BCUT2D eigenvalue weighted by Gasteiger charge is -2.42. The van der Waals surface area contributed by atoms with Crippen molar-refractivity contribution in [2.75, 3.05) is 24.5 Å². The van der Waals surface area contributed by atoms with Crippen molar-refractivity contribution in [3.05, 3.63) is 59.9 Å². The fourth-order valence-electron chi connectivity index (χ4n) is 4.02. The van der Waals surface area contributed by atoms with Crippen LogP contribution in [0.2, 0.25) is 0 Å². The number of rotatable bonds is 5. The van der Waals surface area contributed by atoms with Crippen molar-refractivity contribution in [3.8, 4) is 0 Å². The number of anilines is 1. The second kappa shape index (κ2) is 6.87. The largest absolute Gasteiger partial charge is 0.371 e. The number of carbonyl (C=O) groups excluding carboxylic acids is 1. The Kier molecular flexibility index (Phi) is 4.43. The summed E-state index contributed by atoms with van der Waals surface area (Å²) in [6, 6.07) is 14.5. The highest BCUT2D eigenvalue weighted by molar-refractivity contribution is 5.93. The molecular formula is C21H25N3O. The quantitative estimate of drug-likeness (QED) is 0.909. The predicted molar refractivity (Wildman–Crippen MR) is 100.0 cm³/mol. The predicted octanol–water partition coefficient (Wildman–Crippen LogP) is 3.53. The standard InChI is InChI=1S/C21H25N3O/c25-20(19-15-18(9-12-22-19)24-13-4-5-14-24)23-16-21(10-6-11-21)17-7-2-1-3-8-17/h1-3,7-9,12,15H,4-6,10-11,13-14,16H2,(H,23,25). The van der Waals surface area contributed by atoms with Gasteiger partial charge in [-0.05, 0) is 43.4 Å². The Balaban J connectivity index is 1.44. The minimum atomic E-state index is -0.0664. The van der Waals surface area contributed by atoms with Gasteiger partial charge in [-0.3, -0.25) is 9.78 Å². The van der Waals surface area contributed by atoms with E-state index >= 15 is 0 Å². The van der Waals surface area contributed by atoms with Crippen molar-refractivity contribution < 1.29 is 4.79 Å². The van der Waals surface area contributed by atoms with Crippen LogP contribution < -0.4 is 10.2 Å². The minimum Gasteiger partial charge on any atom is -0.371 e. The smallest absolute Gasteiger partial charge is 0.269 e. The summed E-state index contributed by atoms with van der Waals surface area (Å²) >= 11 is 0. The summed E-state index contributed by atoms with van der Waals surface area (Å²) in [5.41, 5.74) is 3.06. The Bertz CT molecular complexity index is 734. The molecule has 130 valence electrons. The second-order valence-corrected chi connectivity index (χ2v) is 7.28. The van der Waals surface area contributed by atoms with E-state index in [1.165, 1.54) is 24.8 Å². The topological polar surface area (TPSA) is 45.2 Å². The van der Waals surface area contributed by atoms with Gasteiger partial charge in [-0.25, -0.2) is 0 Å². The molecule has 0 spiro atoms. The number of hydrogen-bond acceptors (Lipinski definition) is 3. The molecule has 4 rings (SSSR count). The lowest BCUT2D eigenvalue weighted by Crippen LogP contribution is -2.45. The van der Waals surface area contributed by atoms with Crippen LogP contribution in [0.3, 0.4) is 0 Å². The first-order valence-corrected chi connectivity index (χ1v) is 9.32. The molecule has 2 aromatic rings. The summed E-state index contributed by atoms with van der Waals surface area (Å²) in [7, 11) is 0. The highest BCUT2D eigenvalue weighted by Gasteiger charge is 2.38. The third-order valence-corrected chi connectivity index (χ3v) is 5.73. The Labute approximate surface area is 149 Å². The molecular weight excluding hydrogens is 310 g/mol. The first kappa shape index (κ1) is 16.1. The van der Waals surface area contributed by atoms with E-state index in [1.54, 1.807) is 6.20 Å². The Hall–Kier alpha value is -2.36. The van der Waals surface area contributed by atoms with Crippen LogP contribution in [0.4, 0.5) is 5.69 Å². The van der Waals surface area contributed by atoms with Crippen LogP contribution in [-0.4, -0.2) is 30.5 Å². The van der Waals surface area contributed by atoms with E-state index in [-0.39, 0.29) is 11.3 Å². The lowest BCUT2D eigenvalue weighted by molar-refractivity contribution is 0.0923. The number of aromatic nitrogens is 1. The monoisotopic (exact) mass is 335 g/mol. The van der Waals surface area contributed by atoms with Crippen LogP contribution in [-0.2, 0) is 5.41 Å². The number of hydrogen-bond donors (Lipinski definition) is 1. The first-order chi connectivity index (χ1) is 12.3. The molecule has 1 aromatic heterocycles. The maximum atomic E-state index is 12.6. The molecule has 1 N–H and O–H groups in total.